The molecule has 2 aromatic carbocycles. The van der Waals surface area contributed by atoms with Gasteiger partial charge in [-0.25, -0.2) is 0 Å². The van der Waals surface area contributed by atoms with E-state index >= 15 is 0 Å². The lowest BCUT2D eigenvalue weighted by Gasteiger charge is -2.28. The van der Waals surface area contributed by atoms with Gasteiger partial charge in [0.25, 0.3) is 0 Å². The summed E-state index contributed by atoms with van der Waals surface area (Å²) in [5, 5.41) is 3.00. The fourth-order valence-corrected chi connectivity index (χ4v) is 3.45. The predicted molar refractivity (Wildman–Crippen MR) is 99.1 cm³/mol. The minimum absolute atomic E-state index is 0.0452. The average Bonchev–Trinajstić information content (AvgIpc) is 3.10. The van der Waals surface area contributed by atoms with Crippen LogP contribution in [0.4, 0.5) is 0 Å². The molecule has 0 bridgehead atoms. The lowest BCUT2D eigenvalue weighted by Crippen LogP contribution is -2.47. The van der Waals surface area contributed by atoms with Gasteiger partial charge in [0.2, 0.25) is 5.91 Å². The maximum atomic E-state index is 12.8. The van der Waals surface area contributed by atoms with Crippen molar-refractivity contribution >= 4 is 11.9 Å². The van der Waals surface area contributed by atoms with Crippen LogP contribution in [0.1, 0.15) is 24.0 Å². The van der Waals surface area contributed by atoms with Crippen LogP contribution < -0.4 is 5.32 Å². The number of likely N-dealkylation sites (tertiary alicyclic amines) is 1. The molecule has 0 radical (unpaired) electrons. The third-order valence-corrected chi connectivity index (χ3v) is 4.81. The summed E-state index contributed by atoms with van der Waals surface area (Å²) >= 11 is 0. The Hall–Kier alpha value is -2.66. The molecule has 136 valence electrons. The van der Waals surface area contributed by atoms with E-state index in [0.717, 1.165) is 11.1 Å². The van der Waals surface area contributed by atoms with Crippen molar-refractivity contribution in [2.24, 2.45) is 0 Å². The summed E-state index contributed by atoms with van der Waals surface area (Å²) in [6.45, 7) is 1.03. The van der Waals surface area contributed by atoms with Gasteiger partial charge in [0, 0.05) is 13.1 Å². The molecule has 1 aliphatic heterocycles. The van der Waals surface area contributed by atoms with E-state index in [9.17, 15) is 9.59 Å². The SMILES string of the molecule is COC(=O)[C@@H]1CC[C@H](C(=O)NCc2ccccc2)N1Cc1ccccc1. The van der Waals surface area contributed by atoms with E-state index in [0.29, 0.717) is 25.9 Å². The Morgan fingerprint density at radius 2 is 1.54 bits per heavy atom. The molecule has 1 aliphatic rings. The van der Waals surface area contributed by atoms with Gasteiger partial charge in [-0.15, -0.1) is 0 Å². The summed E-state index contributed by atoms with van der Waals surface area (Å²) in [5.74, 6) is -0.324. The quantitative estimate of drug-likeness (QED) is 0.812. The van der Waals surface area contributed by atoms with E-state index < -0.39 is 0 Å². The second-order valence-corrected chi connectivity index (χ2v) is 6.49. The number of esters is 1. The normalized spacial score (nSPS) is 19.9. The smallest absolute Gasteiger partial charge is 0.323 e. The second-order valence-electron chi connectivity index (χ2n) is 6.49. The zero-order chi connectivity index (χ0) is 18.4. The first kappa shape index (κ1) is 18.1. The Labute approximate surface area is 154 Å². The van der Waals surface area contributed by atoms with Crippen molar-refractivity contribution in [1.82, 2.24) is 10.2 Å². The lowest BCUT2D eigenvalue weighted by molar-refractivity contribution is -0.147. The third-order valence-electron chi connectivity index (χ3n) is 4.81. The Morgan fingerprint density at radius 1 is 0.962 bits per heavy atom. The number of methoxy groups -OCH3 is 1. The van der Waals surface area contributed by atoms with E-state index in [-0.39, 0.29) is 24.0 Å². The molecular formula is C21H24N2O3. The summed E-state index contributed by atoms with van der Waals surface area (Å²) < 4.78 is 4.95. The molecule has 3 rings (SSSR count). The van der Waals surface area contributed by atoms with Crippen molar-refractivity contribution in [3.63, 3.8) is 0 Å². The van der Waals surface area contributed by atoms with Gasteiger partial charge in [0.05, 0.1) is 13.2 Å². The largest absolute Gasteiger partial charge is 0.468 e. The van der Waals surface area contributed by atoms with Gasteiger partial charge in [-0.2, -0.15) is 0 Å². The molecule has 2 aromatic rings. The number of nitrogens with one attached hydrogen (secondary N) is 1. The van der Waals surface area contributed by atoms with E-state index in [1.165, 1.54) is 7.11 Å². The molecule has 1 amide bonds. The molecule has 5 heteroatoms. The summed E-state index contributed by atoms with van der Waals surface area (Å²) in [4.78, 5) is 26.9. The van der Waals surface area contributed by atoms with E-state index in [4.69, 9.17) is 4.74 Å². The molecule has 1 heterocycles. The van der Waals surface area contributed by atoms with Crippen LogP contribution in [0.3, 0.4) is 0 Å². The lowest BCUT2D eigenvalue weighted by atomic mass is 10.1. The first-order valence-electron chi connectivity index (χ1n) is 8.88. The number of nitrogens with zero attached hydrogens (tertiary/aromatic N) is 1. The zero-order valence-corrected chi connectivity index (χ0v) is 14.9. The summed E-state index contributed by atoms with van der Waals surface area (Å²) in [7, 11) is 1.39. The predicted octanol–water partition coefficient (Wildman–Crippen LogP) is 2.51. The number of carbonyl (C=O) groups is 2. The van der Waals surface area contributed by atoms with E-state index in [2.05, 4.69) is 5.32 Å². The van der Waals surface area contributed by atoms with Crippen molar-refractivity contribution in [2.45, 2.75) is 38.0 Å². The molecular weight excluding hydrogens is 328 g/mol. The van der Waals surface area contributed by atoms with Crippen molar-refractivity contribution in [1.29, 1.82) is 0 Å². The Morgan fingerprint density at radius 3 is 2.15 bits per heavy atom. The van der Waals surface area contributed by atoms with Gasteiger partial charge in [-0.1, -0.05) is 60.7 Å². The van der Waals surface area contributed by atoms with Gasteiger partial charge >= 0.3 is 5.97 Å². The molecule has 5 nitrogen and oxygen atoms in total. The van der Waals surface area contributed by atoms with Gasteiger partial charge < -0.3 is 10.1 Å². The molecule has 1 fully saturated rings. The molecule has 0 aliphatic carbocycles. The van der Waals surface area contributed by atoms with Crippen LogP contribution in [0.15, 0.2) is 60.7 Å². The second kappa shape index (κ2) is 8.63. The van der Waals surface area contributed by atoms with Crippen molar-refractivity contribution in [3.8, 4) is 0 Å². The first-order valence-corrected chi connectivity index (χ1v) is 8.88. The number of rotatable bonds is 6. The highest BCUT2D eigenvalue weighted by Gasteiger charge is 2.41. The maximum absolute atomic E-state index is 12.8. The van der Waals surface area contributed by atoms with Gasteiger partial charge in [0.1, 0.15) is 6.04 Å². The number of hydrogen-bond donors (Lipinski definition) is 1. The van der Waals surface area contributed by atoms with E-state index in [1.54, 1.807) is 0 Å². The standard InChI is InChI=1S/C21H24N2O3/c1-26-21(25)19-13-12-18(23(19)15-17-10-6-3-7-11-17)20(24)22-14-16-8-4-2-5-9-16/h2-11,18-19H,12-15H2,1H3,(H,22,24)/t18-,19+/m1/s1. The van der Waals surface area contributed by atoms with Crippen LogP contribution in [0.25, 0.3) is 0 Å². The third kappa shape index (κ3) is 4.29. The molecule has 2 atom stereocenters. The Bertz CT molecular complexity index is 733. The molecule has 26 heavy (non-hydrogen) atoms. The highest BCUT2D eigenvalue weighted by molar-refractivity contribution is 5.84. The van der Waals surface area contributed by atoms with Crippen LogP contribution in [-0.4, -0.2) is 36.0 Å². The van der Waals surface area contributed by atoms with Gasteiger partial charge in [-0.05, 0) is 24.0 Å². The van der Waals surface area contributed by atoms with Crippen LogP contribution in [-0.2, 0) is 27.4 Å². The summed E-state index contributed by atoms with van der Waals surface area (Å²) in [5.41, 5.74) is 2.13. The number of ether oxygens (including phenoxy) is 1. The Kier molecular flexibility index (Phi) is 6.02. The molecule has 1 saturated heterocycles. The number of carbonyl (C=O) groups excluding carboxylic acids is 2. The van der Waals surface area contributed by atoms with Crippen LogP contribution >= 0.6 is 0 Å². The molecule has 0 aromatic heterocycles. The zero-order valence-electron chi connectivity index (χ0n) is 14.9. The highest BCUT2D eigenvalue weighted by atomic mass is 16.5. The van der Waals surface area contributed by atoms with E-state index in [1.807, 2.05) is 65.6 Å². The molecule has 0 saturated carbocycles. The number of amides is 1. The average molecular weight is 352 g/mol. The first-order chi connectivity index (χ1) is 12.7. The molecule has 0 spiro atoms. The Balaban J connectivity index is 1.71. The molecule has 1 N–H and O–H groups in total. The number of benzene rings is 2. The molecule has 0 unspecified atom stereocenters. The van der Waals surface area contributed by atoms with Crippen molar-refractivity contribution < 1.29 is 14.3 Å². The van der Waals surface area contributed by atoms with Crippen molar-refractivity contribution in [3.05, 3.63) is 71.8 Å². The fraction of sp³-hybridized carbons (Fsp3) is 0.333. The van der Waals surface area contributed by atoms with Gasteiger partial charge in [0.15, 0.2) is 0 Å². The monoisotopic (exact) mass is 352 g/mol. The fourth-order valence-electron chi connectivity index (χ4n) is 3.45. The highest BCUT2D eigenvalue weighted by Crippen LogP contribution is 2.27. The summed E-state index contributed by atoms with van der Waals surface area (Å²) in [6.07, 6.45) is 1.27. The van der Waals surface area contributed by atoms with Crippen LogP contribution in [0.5, 0.6) is 0 Å². The topological polar surface area (TPSA) is 58.6 Å². The minimum Gasteiger partial charge on any atom is -0.468 e. The van der Waals surface area contributed by atoms with Crippen LogP contribution in [0, 0.1) is 0 Å². The number of hydrogen-bond acceptors (Lipinski definition) is 4. The van der Waals surface area contributed by atoms with Crippen LogP contribution in [0.2, 0.25) is 0 Å². The summed E-state index contributed by atoms with van der Waals surface area (Å²) in [6, 6.07) is 19.0. The minimum atomic E-state index is -0.382. The van der Waals surface area contributed by atoms with Crippen molar-refractivity contribution in [2.75, 3.05) is 7.11 Å². The van der Waals surface area contributed by atoms with Gasteiger partial charge in [-0.3, -0.25) is 14.5 Å². The maximum Gasteiger partial charge on any atom is 0.323 e.